The predicted octanol–water partition coefficient (Wildman–Crippen LogP) is 0.364. The first-order valence-electron chi connectivity index (χ1n) is 5.05. The largest absolute Gasteiger partial charge is 0.473 e. The molecule has 15 heavy (non-hydrogen) atoms. The van der Waals surface area contributed by atoms with E-state index >= 15 is 0 Å². The van der Waals surface area contributed by atoms with Crippen LogP contribution < -0.4 is 10.1 Å². The van der Waals surface area contributed by atoms with Gasteiger partial charge in [-0.2, -0.15) is 0 Å². The molecule has 0 amide bonds. The lowest BCUT2D eigenvalue weighted by atomic mass is 10.3. The fourth-order valence-electron chi connectivity index (χ4n) is 1.57. The van der Waals surface area contributed by atoms with Gasteiger partial charge in [-0.15, -0.1) is 0 Å². The number of methoxy groups -OCH3 is 1. The number of rotatable bonds is 4. The smallest absolute Gasteiger partial charge is 0.216 e. The molecule has 5 nitrogen and oxygen atoms in total. The van der Waals surface area contributed by atoms with E-state index < -0.39 is 0 Å². The van der Waals surface area contributed by atoms with E-state index in [1.54, 1.807) is 7.11 Å². The molecule has 0 spiro atoms. The van der Waals surface area contributed by atoms with Crippen LogP contribution in [-0.2, 0) is 11.3 Å². The second-order valence-electron chi connectivity index (χ2n) is 3.51. The zero-order valence-corrected chi connectivity index (χ0v) is 8.77. The van der Waals surface area contributed by atoms with Gasteiger partial charge in [0.25, 0.3) is 0 Å². The lowest BCUT2D eigenvalue weighted by Gasteiger charge is -2.11. The number of nitrogens with one attached hydrogen (secondary N) is 1. The van der Waals surface area contributed by atoms with Gasteiger partial charge in [0.2, 0.25) is 5.88 Å². The Morgan fingerprint density at radius 2 is 2.47 bits per heavy atom. The molecular weight excluding hydrogens is 194 g/mol. The highest BCUT2D eigenvalue weighted by Gasteiger charge is 2.16. The molecule has 0 unspecified atom stereocenters. The fourth-order valence-corrected chi connectivity index (χ4v) is 1.57. The number of hydrogen-bond acceptors (Lipinski definition) is 5. The molecule has 0 aromatic carbocycles. The Morgan fingerprint density at radius 1 is 1.53 bits per heavy atom. The Balaban J connectivity index is 1.97. The van der Waals surface area contributed by atoms with Crippen LogP contribution in [0.3, 0.4) is 0 Å². The van der Waals surface area contributed by atoms with Gasteiger partial charge < -0.3 is 14.8 Å². The fraction of sp³-hybridized carbons (Fsp3) is 0.600. The summed E-state index contributed by atoms with van der Waals surface area (Å²) in [6.07, 6.45) is 2.77. The Bertz CT molecular complexity index is 313. The second-order valence-corrected chi connectivity index (χ2v) is 3.51. The molecule has 1 aromatic rings. The lowest BCUT2D eigenvalue weighted by Crippen LogP contribution is -2.20. The molecule has 0 saturated carbocycles. The Hall–Kier alpha value is -1.20. The van der Waals surface area contributed by atoms with E-state index in [4.69, 9.17) is 9.47 Å². The first-order valence-corrected chi connectivity index (χ1v) is 5.05. The highest BCUT2D eigenvalue weighted by Crippen LogP contribution is 2.12. The van der Waals surface area contributed by atoms with Crippen molar-refractivity contribution in [2.75, 3.05) is 20.2 Å². The minimum atomic E-state index is 0.232. The average Bonchev–Trinajstić information content (AvgIpc) is 2.71. The van der Waals surface area contributed by atoms with Crippen molar-refractivity contribution in [1.82, 2.24) is 15.3 Å². The van der Waals surface area contributed by atoms with E-state index in [1.165, 1.54) is 6.33 Å². The summed E-state index contributed by atoms with van der Waals surface area (Å²) in [5, 5.41) is 3.24. The zero-order chi connectivity index (χ0) is 10.5. The third-order valence-corrected chi connectivity index (χ3v) is 2.29. The monoisotopic (exact) mass is 209 g/mol. The maximum atomic E-state index is 5.69. The van der Waals surface area contributed by atoms with Gasteiger partial charge in [0.1, 0.15) is 12.4 Å². The van der Waals surface area contributed by atoms with Gasteiger partial charge >= 0.3 is 0 Å². The number of nitrogens with zero attached hydrogens (tertiary/aromatic N) is 2. The van der Waals surface area contributed by atoms with Crippen molar-refractivity contribution in [2.45, 2.75) is 19.1 Å². The summed E-state index contributed by atoms with van der Waals surface area (Å²) in [4.78, 5) is 8.14. The van der Waals surface area contributed by atoms with Crippen molar-refractivity contribution in [2.24, 2.45) is 0 Å². The quantitative estimate of drug-likeness (QED) is 0.776. The molecule has 0 radical (unpaired) electrons. The third-order valence-electron chi connectivity index (χ3n) is 2.29. The van der Waals surface area contributed by atoms with Crippen molar-refractivity contribution in [3.05, 3.63) is 18.1 Å². The van der Waals surface area contributed by atoms with E-state index in [-0.39, 0.29) is 6.10 Å². The Kier molecular flexibility index (Phi) is 3.47. The summed E-state index contributed by atoms with van der Waals surface area (Å²) in [7, 11) is 1.64. The second kappa shape index (κ2) is 5.04. The van der Waals surface area contributed by atoms with E-state index in [9.17, 15) is 0 Å². The summed E-state index contributed by atoms with van der Waals surface area (Å²) in [6, 6.07) is 1.82. The van der Waals surface area contributed by atoms with E-state index in [2.05, 4.69) is 15.3 Å². The van der Waals surface area contributed by atoms with Crippen LogP contribution in [0, 0.1) is 0 Å². The van der Waals surface area contributed by atoms with Crippen LogP contribution in [0.15, 0.2) is 12.4 Å². The van der Waals surface area contributed by atoms with Crippen molar-refractivity contribution in [3.63, 3.8) is 0 Å². The third kappa shape index (κ3) is 2.87. The Labute approximate surface area is 88.8 Å². The molecule has 1 N–H and O–H groups in total. The first-order chi connectivity index (χ1) is 7.38. The number of ether oxygens (including phenoxy) is 2. The van der Waals surface area contributed by atoms with Gasteiger partial charge in [-0.05, 0) is 13.0 Å². The highest BCUT2D eigenvalue weighted by atomic mass is 16.5. The maximum Gasteiger partial charge on any atom is 0.216 e. The first kappa shape index (κ1) is 10.3. The minimum Gasteiger partial charge on any atom is -0.473 e. The van der Waals surface area contributed by atoms with Crippen molar-refractivity contribution >= 4 is 0 Å². The summed E-state index contributed by atoms with van der Waals surface area (Å²) < 4.78 is 10.7. The van der Waals surface area contributed by atoms with Crippen molar-refractivity contribution in [1.29, 1.82) is 0 Å². The van der Waals surface area contributed by atoms with Gasteiger partial charge in [0.15, 0.2) is 0 Å². The summed E-state index contributed by atoms with van der Waals surface area (Å²) in [6.45, 7) is 2.39. The van der Waals surface area contributed by atoms with Crippen LogP contribution in [0.1, 0.15) is 12.1 Å². The molecule has 1 saturated heterocycles. The summed E-state index contributed by atoms with van der Waals surface area (Å²) in [5.74, 6) is 0.630. The SMILES string of the molecule is COCc1cc(O[C@H]2CCNC2)ncn1. The highest BCUT2D eigenvalue weighted by molar-refractivity contribution is 5.13. The van der Waals surface area contributed by atoms with Gasteiger partial charge in [0, 0.05) is 19.7 Å². The van der Waals surface area contributed by atoms with Crippen LogP contribution in [0.25, 0.3) is 0 Å². The molecule has 2 rings (SSSR count). The van der Waals surface area contributed by atoms with Gasteiger partial charge in [0.05, 0.1) is 12.3 Å². The minimum absolute atomic E-state index is 0.232. The molecule has 5 heteroatoms. The molecule has 0 bridgehead atoms. The van der Waals surface area contributed by atoms with E-state index in [0.29, 0.717) is 12.5 Å². The van der Waals surface area contributed by atoms with Crippen molar-refractivity contribution in [3.8, 4) is 5.88 Å². The molecule has 1 aromatic heterocycles. The Morgan fingerprint density at radius 3 is 3.20 bits per heavy atom. The zero-order valence-electron chi connectivity index (χ0n) is 8.77. The molecule has 1 atom stereocenters. The van der Waals surface area contributed by atoms with Gasteiger partial charge in [-0.1, -0.05) is 0 Å². The van der Waals surface area contributed by atoms with Crippen LogP contribution in [-0.4, -0.2) is 36.3 Å². The summed E-state index contributed by atoms with van der Waals surface area (Å²) >= 11 is 0. The van der Waals surface area contributed by atoms with Crippen LogP contribution >= 0.6 is 0 Å². The van der Waals surface area contributed by atoms with Gasteiger partial charge in [-0.25, -0.2) is 9.97 Å². The predicted molar refractivity (Wildman–Crippen MR) is 54.6 cm³/mol. The van der Waals surface area contributed by atoms with E-state index in [1.807, 2.05) is 6.07 Å². The molecule has 1 aliphatic heterocycles. The average molecular weight is 209 g/mol. The standard InChI is InChI=1S/C10H15N3O2/c1-14-6-8-4-10(13-7-12-8)15-9-2-3-11-5-9/h4,7,9,11H,2-3,5-6H2,1H3/t9-/m0/s1. The van der Waals surface area contributed by atoms with Crippen molar-refractivity contribution < 1.29 is 9.47 Å². The number of hydrogen-bond donors (Lipinski definition) is 1. The lowest BCUT2D eigenvalue weighted by molar-refractivity contribution is 0.178. The molecule has 1 fully saturated rings. The topological polar surface area (TPSA) is 56.3 Å². The normalized spacial score (nSPS) is 20.5. The summed E-state index contributed by atoms with van der Waals surface area (Å²) in [5.41, 5.74) is 0.841. The van der Waals surface area contributed by atoms with E-state index in [0.717, 1.165) is 25.2 Å². The molecular formula is C10H15N3O2. The van der Waals surface area contributed by atoms with Gasteiger partial charge in [-0.3, -0.25) is 0 Å². The van der Waals surface area contributed by atoms with Crippen LogP contribution in [0.2, 0.25) is 0 Å². The van der Waals surface area contributed by atoms with Crippen LogP contribution in [0.5, 0.6) is 5.88 Å². The molecule has 0 aliphatic carbocycles. The van der Waals surface area contributed by atoms with Crippen LogP contribution in [0.4, 0.5) is 0 Å². The number of aromatic nitrogens is 2. The maximum absolute atomic E-state index is 5.69. The molecule has 1 aliphatic rings. The molecule has 82 valence electrons. The molecule has 2 heterocycles.